The highest BCUT2D eigenvalue weighted by molar-refractivity contribution is 5.88. The lowest BCUT2D eigenvalue weighted by Gasteiger charge is -2.30. The fraction of sp³-hybridized carbons (Fsp3) is 0.440. The van der Waals surface area contributed by atoms with E-state index in [1.54, 1.807) is 25.1 Å². The van der Waals surface area contributed by atoms with Crippen LogP contribution in [0.4, 0.5) is 4.39 Å². The molecular weight excluding hydrogens is 379 g/mol. The van der Waals surface area contributed by atoms with Crippen LogP contribution in [0.1, 0.15) is 54.9 Å². The molecule has 1 N–H and O–H groups in total. The van der Waals surface area contributed by atoms with Crippen molar-refractivity contribution in [2.45, 2.75) is 71.5 Å². The zero-order valence-electron chi connectivity index (χ0n) is 18.1. The Labute approximate surface area is 178 Å². The van der Waals surface area contributed by atoms with Crippen molar-refractivity contribution in [2.24, 2.45) is 0 Å². The standard InChI is InChI=1S/C25H31FN2O2/c1-17-12-18(2)14-20(13-17)15-24(29)28(16-21-8-4-7-11-23(21)26)19(3)25(30)27-22-9-5-6-10-22/h4,7-8,11-14,19,22H,5-6,9-10,15-16H2,1-3H3,(H,27,30)/t19-/m1/s1. The first kappa shape index (κ1) is 22.0. The maximum Gasteiger partial charge on any atom is 0.242 e. The van der Waals surface area contributed by atoms with Crippen molar-refractivity contribution in [3.63, 3.8) is 0 Å². The largest absolute Gasteiger partial charge is 0.352 e. The van der Waals surface area contributed by atoms with Gasteiger partial charge in [0.2, 0.25) is 11.8 Å². The van der Waals surface area contributed by atoms with Crippen LogP contribution >= 0.6 is 0 Å². The summed E-state index contributed by atoms with van der Waals surface area (Å²) in [6, 6.07) is 11.9. The van der Waals surface area contributed by atoms with Crippen molar-refractivity contribution >= 4 is 11.8 Å². The Balaban J connectivity index is 1.80. The normalized spacial score (nSPS) is 15.1. The Morgan fingerprint density at radius 2 is 1.73 bits per heavy atom. The molecule has 0 aromatic heterocycles. The average Bonchev–Trinajstić information content (AvgIpc) is 3.19. The summed E-state index contributed by atoms with van der Waals surface area (Å²) in [7, 11) is 0. The van der Waals surface area contributed by atoms with Gasteiger partial charge < -0.3 is 10.2 Å². The van der Waals surface area contributed by atoms with Crippen LogP contribution in [0.15, 0.2) is 42.5 Å². The molecule has 3 rings (SSSR count). The van der Waals surface area contributed by atoms with E-state index in [4.69, 9.17) is 0 Å². The summed E-state index contributed by atoms with van der Waals surface area (Å²) in [6.07, 6.45) is 4.36. The molecule has 4 nitrogen and oxygen atoms in total. The first-order chi connectivity index (χ1) is 14.3. The van der Waals surface area contributed by atoms with E-state index in [0.717, 1.165) is 42.4 Å². The van der Waals surface area contributed by atoms with Gasteiger partial charge in [-0.15, -0.1) is 0 Å². The topological polar surface area (TPSA) is 49.4 Å². The van der Waals surface area contributed by atoms with Crippen LogP contribution in [0.25, 0.3) is 0 Å². The number of rotatable bonds is 7. The number of nitrogens with zero attached hydrogens (tertiary/aromatic N) is 1. The third-order valence-corrected chi connectivity index (χ3v) is 5.80. The van der Waals surface area contributed by atoms with Crippen LogP contribution in [-0.4, -0.2) is 28.8 Å². The van der Waals surface area contributed by atoms with Gasteiger partial charge in [-0.25, -0.2) is 4.39 Å². The summed E-state index contributed by atoms with van der Waals surface area (Å²) >= 11 is 0. The minimum atomic E-state index is -0.677. The predicted molar refractivity (Wildman–Crippen MR) is 116 cm³/mol. The second-order valence-corrected chi connectivity index (χ2v) is 8.45. The van der Waals surface area contributed by atoms with Gasteiger partial charge in [0, 0.05) is 18.2 Å². The quantitative estimate of drug-likeness (QED) is 0.733. The number of hydrogen-bond donors (Lipinski definition) is 1. The molecule has 5 heteroatoms. The SMILES string of the molecule is Cc1cc(C)cc(CC(=O)N(Cc2ccccc2F)[C@H](C)C(=O)NC2CCCC2)c1. The number of hydrogen-bond acceptors (Lipinski definition) is 2. The van der Waals surface area contributed by atoms with E-state index in [-0.39, 0.29) is 36.6 Å². The van der Waals surface area contributed by atoms with Gasteiger partial charge in [-0.05, 0) is 45.2 Å². The maximum atomic E-state index is 14.3. The summed E-state index contributed by atoms with van der Waals surface area (Å²) in [5, 5.41) is 3.07. The van der Waals surface area contributed by atoms with Gasteiger partial charge in [-0.3, -0.25) is 9.59 Å². The minimum absolute atomic E-state index is 0.0650. The molecule has 0 bridgehead atoms. The first-order valence-electron chi connectivity index (χ1n) is 10.7. The van der Waals surface area contributed by atoms with E-state index >= 15 is 0 Å². The van der Waals surface area contributed by atoms with Gasteiger partial charge in [0.05, 0.1) is 6.42 Å². The highest BCUT2D eigenvalue weighted by Gasteiger charge is 2.29. The molecule has 30 heavy (non-hydrogen) atoms. The summed E-state index contributed by atoms with van der Waals surface area (Å²) in [6.45, 7) is 5.78. The third kappa shape index (κ3) is 5.68. The lowest BCUT2D eigenvalue weighted by Crippen LogP contribution is -2.50. The highest BCUT2D eigenvalue weighted by atomic mass is 19.1. The molecule has 160 valence electrons. The number of aryl methyl sites for hydroxylation is 2. The number of nitrogens with one attached hydrogen (secondary N) is 1. The smallest absolute Gasteiger partial charge is 0.242 e. The lowest BCUT2D eigenvalue weighted by molar-refractivity contribution is -0.140. The lowest BCUT2D eigenvalue weighted by atomic mass is 10.0. The maximum absolute atomic E-state index is 14.3. The molecule has 1 saturated carbocycles. The van der Waals surface area contributed by atoms with E-state index in [1.807, 2.05) is 26.0 Å². The molecule has 0 spiro atoms. The number of carbonyl (C=O) groups is 2. The second-order valence-electron chi connectivity index (χ2n) is 8.45. The Morgan fingerprint density at radius 3 is 2.37 bits per heavy atom. The zero-order chi connectivity index (χ0) is 21.7. The number of carbonyl (C=O) groups excluding carboxylic acids is 2. The van der Waals surface area contributed by atoms with E-state index in [2.05, 4.69) is 11.4 Å². The second kappa shape index (κ2) is 9.88. The van der Waals surface area contributed by atoms with Gasteiger partial charge in [-0.2, -0.15) is 0 Å². The van der Waals surface area contributed by atoms with Crippen molar-refractivity contribution < 1.29 is 14.0 Å². The molecule has 1 fully saturated rings. The molecule has 1 atom stereocenters. The molecule has 0 radical (unpaired) electrons. The molecule has 0 unspecified atom stereocenters. The highest BCUT2D eigenvalue weighted by Crippen LogP contribution is 2.20. The summed E-state index contributed by atoms with van der Waals surface area (Å²) in [4.78, 5) is 27.6. The van der Waals surface area contributed by atoms with Crippen molar-refractivity contribution in [2.75, 3.05) is 0 Å². The fourth-order valence-electron chi connectivity index (χ4n) is 4.23. The number of halogens is 1. The predicted octanol–water partition coefficient (Wildman–Crippen LogP) is 4.46. The monoisotopic (exact) mass is 410 g/mol. The zero-order valence-corrected chi connectivity index (χ0v) is 18.1. The molecule has 0 heterocycles. The van der Waals surface area contributed by atoms with Crippen LogP contribution in [0, 0.1) is 19.7 Å². The first-order valence-corrected chi connectivity index (χ1v) is 10.7. The average molecular weight is 411 g/mol. The van der Waals surface area contributed by atoms with Crippen molar-refractivity contribution in [1.29, 1.82) is 0 Å². The van der Waals surface area contributed by atoms with Crippen molar-refractivity contribution in [3.05, 3.63) is 70.5 Å². The van der Waals surface area contributed by atoms with Gasteiger partial charge in [0.15, 0.2) is 0 Å². The van der Waals surface area contributed by atoms with Crippen LogP contribution in [0.5, 0.6) is 0 Å². The molecule has 2 aromatic rings. The molecule has 2 aromatic carbocycles. The molecule has 0 aliphatic heterocycles. The Morgan fingerprint density at radius 1 is 1.10 bits per heavy atom. The Hall–Kier alpha value is -2.69. The van der Waals surface area contributed by atoms with Crippen molar-refractivity contribution in [3.8, 4) is 0 Å². The van der Waals surface area contributed by atoms with Crippen LogP contribution < -0.4 is 5.32 Å². The minimum Gasteiger partial charge on any atom is -0.352 e. The molecular formula is C25H31FN2O2. The fourth-order valence-corrected chi connectivity index (χ4v) is 4.23. The van der Waals surface area contributed by atoms with Gasteiger partial charge in [-0.1, -0.05) is 60.4 Å². The molecule has 1 aliphatic carbocycles. The van der Waals surface area contributed by atoms with E-state index < -0.39 is 6.04 Å². The van der Waals surface area contributed by atoms with E-state index in [0.29, 0.717) is 5.56 Å². The summed E-state index contributed by atoms with van der Waals surface area (Å²) in [5.41, 5.74) is 3.49. The van der Waals surface area contributed by atoms with Gasteiger partial charge in [0.25, 0.3) is 0 Å². The van der Waals surface area contributed by atoms with Gasteiger partial charge >= 0.3 is 0 Å². The molecule has 2 amide bonds. The molecule has 1 aliphatic rings. The van der Waals surface area contributed by atoms with Crippen molar-refractivity contribution in [1.82, 2.24) is 10.2 Å². The van der Waals surface area contributed by atoms with Gasteiger partial charge in [0.1, 0.15) is 11.9 Å². The van der Waals surface area contributed by atoms with E-state index in [9.17, 15) is 14.0 Å². The van der Waals surface area contributed by atoms with Crippen LogP contribution in [0.2, 0.25) is 0 Å². The summed E-state index contributed by atoms with van der Waals surface area (Å²) < 4.78 is 14.3. The molecule has 0 saturated heterocycles. The number of benzene rings is 2. The number of amides is 2. The van der Waals surface area contributed by atoms with Crippen LogP contribution in [-0.2, 0) is 22.6 Å². The Kier molecular flexibility index (Phi) is 7.24. The Bertz CT molecular complexity index is 886. The van der Waals surface area contributed by atoms with Crippen LogP contribution in [0.3, 0.4) is 0 Å². The summed E-state index contributed by atoms with van der Waals surface area (Å²) in [5.74, 6) is -0.727. The third-order valence-electron chi connectivity index (χ3n) is 5.80. The van der Waals surface area contributed by atoms with E-state index in [1.165, 1.54) is 11.0 Å².